The molecule has 0 spiro atoms. The van der Waals surface area contributed by atoms with Crippen LogP contribution in [0.4, 0.5) is 5.69 Å². The number of carboxylic acids is 1. The van der Waals surface area contributed by atoms with Gasteiger partial charge in [0.2, 0.25) is 0 Å². The minimum atomic E-state index is -1.24. The van der Waals surface area contributed by atoms with Crippen LogP contribution in [0.25, 0.3) is 0 Å². The first-order chi connectivity index (χ1) is 9.93. The molecule has 108 valence electrons. The lowest BCUT2D eigenvalue weighted by Crippen LogP contribution is -2.31. The number of hydrogen-bond donors (Lipinski definition) is 4. The van der Waals surface area contributed by atoms with Crippen LogP contribution < -0.4 is 16.4 Å². The Balaban J connectivity index is 2.70. The summed E-state index contributed by atoms with van der Waals surface area (Å²) in [5.74, 6) is -2.67. The predicted molar refractivity (Wildman–Crippen MR) is 72.7 cm³/mol. The zero-order valence-electron chi connectivity index (χ0n) is 10.8. The molecule has 0 atom stereocenters. The van der Waals surface area contributed by atoms with Crippen molar-refractivity contribution in [3.63, 3.8) is 0 Å². The van der Waals surface area contributed by atoms with Crippen LogP contribution in [-0.2, 0) is 9.59 Å². The topological polar surface area (TPSA) is 145 Å². The molecule has 2 amide bonds. The van der Waals surface area contributed by atoms with Crippen LogP contribution in [0.15, 0.2) is 36.0 Å². The molecule has 21 heavy (non-hydrogen) atoms. The molecule has 1 aromatic carbocycles. The molecule has 5 N–H and O–H groups in total. The van der Waals surface area contributed by atoms with Crippen LogP contribution in [-0.4, -0.2) is 29.4 Å². The highest BCUT2D eigenvalue weighted by molar-refractivity contribution is 6.00. The molecule has 8 nitrogen and oxygen atoms in total. The van der Waals surface area contributed by atoms with Gasteiger partial charge in [0.1, 0.15) is 18.2 Å². The summed E-state index contributed by atoms with van der Waals surface area (Å²) in [6.45, 7) is -0.621. The second-order valence-electron chi connectivity index (χ2n) is 3.84. The van der Waals surface area contributed by atoms with Gasteiger partial charge in [-0.1, -0.05) is 0 Å². The highest BCUT2D eigenvalue weighted by atomic mass is 16.4. The van der Waals surface area contributed by atoms with Gasteiger partial charge in [0.05, 0.1) is 0 Å². The second-order valence-corrected chi connectivity index (χ2v) is 3.84. The fourth-order valence-corrected chi connectivity index (χ4v) is 1.26. The van der Waals surface area contributed by atoms with E-state index in [-0.39, 0.29) is 0 Å². The largest absolute Gasteiger partial charge is 0.480 e. The van der Waals surface area contributed by atoms with Crippen molar-refractivity contribution in [3.05, 3.63) is 41.6 Å². The number of aliphatic carboxylic acids is 1. The monoisotopic (exact) mass is 288 g/mol. The summed E-state index contributed by atoms with van der Waals surface area (Å²) >= 11 is 0. The third-order valence-corrected chi connectivity index (χ3v) is 2.29. The van der Waals surface area contributed by atoms with E-state index in [4.69, 9.17) is 16.1 Å². The van der Waals surface area contributed by atoms with Crippen LogP contribution in [0, 0.1) is 11.3 Å². The van der Waals surface area contributed by atoms with Gasteiger partial charge in [-0.3, -0.25) is 14.4 Å². The Hall–Kier alpha value is -3.34. The van der Waals surface area contributed by atoms with Crippen molar-refractivity contribution in [1.29, 1.82) is 5.26 Å². The van der Waals surface area contributed by atoms with Crippen molar-refractivity contribution in [1.82, 2.24) is 10.6 Å². The summed E-state index contributed by atoms with van der Waals surface area (Å²) in [5.41, 5.74) is 5.85. The zero-order chi connectivity index (χ0) is 15.8. The average molecular weight is 288 g/mol. The number of carbonyl (C=O) groups is 3. The van der Waals surface area contributed by atoms with E-state index in [1.54, 1.807) is 6.07 Å². The van der Waals surface area contributed by atoms with Crippen molar-refractivity contribution in [2.24, 2.45) is 0 Å². The Bertz CT molecular complexity index is 629. The van der Waals surface area contributed by atoms with E-state index in [9.17, 15) is 14.4 Å². The normalized spacial score (nSPS) is 10.3. The fourth-order valence-electron chi connectivity index (χ4n) is 1.26. The van der Waals surface area contributed by atoms with E-state index in [1.165, 1.54) is 24.3 Å². The quantitative estimate of drug-likeness (QED) is 0.329. The molecule has 0 radical (unpaired) electrons. The van der Waals surface area contributed by atoms with Crippen LogP contribution in [0.5, 0.6) is 0 Å². The Labute approximate surface area is 119 Å². The van der Waals surface area contributed by atoms with Gasteiger partial charge in [-0.25, -0.2) is 0 Å². The second kappa shape index (κ2) is 7.30. The minimum Gasteiger partial charge on any atom is -0.480 e. The Morgan fingerprint density at radius 1 is 1.29 bits per heavy atom. The summed E-state index contributed by atoms with van der Waals surface area (Å²) in [5, 5.41) is 21.5. The maximum absolute atomic E-state index is 11.7. The van der Waals surface area contributed by atoms with Crippen molar-refractivity contribution >= 4 is 23.5 Å². The van der Waals surface area contributed by atoms with Crippen LogP contribution >= 0.6 is 0 Å². The molecule has 0 saturated carbocycles. The van der Waals surface area contributed by atoms with E-state index >= 15 is 0 Å². The molecule has 0 aliphatic carbocycles. The van der Waals surface area contributed by atoms with Crippen molar-refractivity contribution in [2.75, 3.05) is 12.3 Å². The van der Waals surface area contributed by atoms with E-state index in [0.29, 0.717) is 11.3 Å². The molecule has 0 saturated heterocycles. The molecular weight excluding hydrogens is 276 g/mol. The SMILES string of the molecule is N#C/C(=C/NC(=O)c1ccc(N)cc1)C(=O)NCC(=O)O. The molecule has 0 aliphatic rings. The first kappa shape index (κ1) is 15.7. The lowest BCUT2D eigenvalue weighted by atomic mass is 10.2. The number of nitrogens with zero attached hydrogens (tertiary/aromatic N) is 1. The molecule has 0 aromatic heterocycles. The van der Waals surface area contributed by atoms with E-state index in [0.717, 1.165) is 6.20 Å². The van der Waals surface area contributed by atoms with Gasteiger partial charge in [0, 0.05) is 17.5 Å². The maximum Gasteiger partial charge on any atom is 0.322 e. The summed E-state index contributed by atoms with van der Waals surface area (Å²) in [6.07, 6.45) is 0.913. The third-order valence-electron chi connectivity index (χ3n) is 2.29. The highest BCUT2D eigenvalue weighted by Gasteiger charge is 2.11. The van der Waals surface area contributed by atoms with Crippen LogP contribution in [0.1, 0.15) is 10.4 Å². The molecule has 0 heterocycles. The van der Waals surface area contributed by atoms with Gasteiger partial charge in [0.25, 0.3) is 11.8 Å². The van der Waals surface area contributed by atoms with Crippen molar-refractivity contribution in [3.8, 4) is 6.07 Å². The Kier molecular flexibility index (Phi) is 5.46. The first-order valence-electron chi connectivity index (χ1n) is 5.70. The summed E-state index contributed by atoms with van der Waals surface area (Å²) < 4.78 is 0. The van der Waals surface area contributed by atoms with Gasteiger partial charge >= 0.3 is 5.97 Å². The number of rotatable bonds is 5. The molecular formula is C13H12N4O4. The molecule has 1 aromatic rings. The fraction of sp³-hybridized carbons (Fsp3) is 0.0769. The van der Waals surface area contributed by atoms with Gasteiger partial charge in [-0.05, 0) is 24.3 Å². The van der Waals surface area contributed by atoms with E-state index in [2.05, 4.69) is 5.32 Å². The number of nitrogens with two attached hydrogens (primary N) is 1. The number of hydrogen-bond acceptors (Lipinski definition) is 5. The molecule has 0 bridgehead atoms. The first-order valence-corrected chi connectivity index (χ1v) is 5.70. The standard InChI is InChI=1S/C13H12N4O4/c14-5-9(13(21)17-7-11(18)19)6-16-12(20)8-1-3-10(15)4-2-8/h1-4,6H,7,15H2,(H,16,20)(H,17,21)(H,18,19)/b9-6-. The summed E-state index contributed by atoms with van der Waals surface area (Å²) in [6, 6.07) is 7.59. The zero-order valence-corrected chi connectivity index (χ0v) is 10.8. The number of nitriles is 1. The molecule has 1 rings (SSSR count). The van der Waals surface area contributed by atoms with Gasteiger partial charge in [0.15, 0.2) is 0 Å². The van der Waals surface area contributed by atoms with E-state index < -0.39 is 29.9 Å². The summed E-state index contributed by atoms with van der Waals surface area (Å²) in [7, 11) is 0. The molecule has 0 fully saturated rings. The van der Waals surface area contributed by atoms with Crippen molar-refractivity contribution in [2.45, 2.75) is 0 Å². The lowest BCUT2D eigenvalue weighted by molar-refractivity contribution is -0.137. The Morgan fingerprint density at radius 3 is 2.43 bits per heavy atom. The summed E-state index contributed by atoms with van der Waals surface area (Å²) in [4.78, 5) is 33.5. The van der Waals surface area contributed by atoms with Gasteiger partial charge in [-0.15, -0.1) is 0 Å². The predicted octanol–water partition coefficient (Wildman–Crippen LogP) is -0.393. The average Bonchev–Trinajstić information content (AvgIpc) is 2.46. The number of nitrogens with one attached hydrogen (secondary N) is 2. The smallest absolute Gasteiger partial charge is 0.322 e. The lowest BCUT2D eigenvalue weighted by Gasteiger charge is -2.03. The van der Waals surface area contributed by atoms with Crippen LogP contribution in [0.3, 0.4) is 0 Å². The Morgan fingerprint density at radius 2 is 1.90 bits per heavy atom. The minimum absolute atomic E-state index is 0.295. The number of benzene rings is 1. The number of carboxylic acid groups (broad SMARTS) is 1. The maximum atomic E-state index is 11.7. The molecule has 0 unspecified atom stereocenters. The van der Waals surface area contributed by atoms with Crippen LogP contribution in [0.2, 0.25) is 0 Å². The molecule has 8 heteroatoms. The number of nitrogen functional groups attached to an aromatic ring is 1. The van der Waals surface area contributed by atoms with Gasteiger partial charge in [-0.2, -0.15) is 5.26 Å². The third kappa shape index (κ3) is 5.04. The number of carbonyl (C=O) groups excluding carboxylic acids is 2. The number of amides is 2. The number of anilines is 1. The molecule has 0 aliphatic heterocycles. The van der Waals surface area contributed by atoms with Gasteiger partial charge < -0.3 is 21.5 Å². The highest BCUT2D eigenvalue weighted by Crippen LogP contribution is 2.05. The van der Waals surface area contributed by atoms with E-state index in [1.807, 2.05) is 5.32 Å². The van der Waals surface area contributed by atoms with Crippen molar-refractivity contribution < 1.29 is 19.5 Å².